The molecule has 0 saturated heterocycles. The van der Waals surface area contributed by atoms with Crippen LogP contribution in [0, 0.1) is 18.3 Å². The maximum Gasteiger partial charge on any atom is 0.293 e. The van der Waals surface area contributed by atoms with Crippen LogP contribution in [0.5, 0.6) is 11.5 Å². The average molecular weight is 492 g/mol. The predicted molar refractivity (Wildman–Crippen MR) is 137 cm³/mol. The summed E-state index contributed by atoms with van der Waals surface area (Å²) in [6.45, 7) is 2.44. The number of nitrogens with one attached hydrogen (secondary N) is 1. The minimum absolute atomic E-state index is 0.156. The van der Waals surface area contributed by atoms with Gasteiger partial charge in [-0.2, -0.15) is 10.4 Å². The monoisotopic (exact) mass is 491 g/mol. The molecule has 9 nitrogen and oxygen atoms in total. The van der Waals surface area contributed by atoms with Crippen LogP contribution in [0.15, 0.2) is 72.9 Å². The lowest BCUT2D eigenvalue weighted by Gasteiger charge is -2.11. The van der Waals surface area contributed by atoms with Crippen molar-refractivity contribution in [2.24, 2.45) is 0 Å². The summed E-state index contributed by atoms with van der Waals surface area (Å²) in [5.74, 6) is 1.07. The molecular weight excluding hydrogens is 470 g/mol. The van der Waals surface area contributed by atoms with E-state index in [-0.39, 0.29) is 23.8 Å². The normalized spacial score (nSPS) is 10.7. The van der Waals surface area contributed by atoms with Crippen LogP contribution in [0.2, 0.25) is 0 Å². The van der Waals surface area contributed by atoms with Crippen LogP contribution in [0.25, 0.3) is 16.6 Å². The number of hydrogen-bond donors (Lipinski definition) is 2. The van der Waals surface area contributed by atoms with Gasteiger partial charge >= 0.3 is 0 Å². The second kappa shape index (κ2) is 9.71. The molecular formula is C28H21N5O4. The van der Waals surface area contributed by atoms with E-state index in [4.69, 9.17) is 20.5 Å². The molecule has 2 aromatic heterocycles. The topological polar surface area (TPSA) is 136 Å². The molecule has 0 aliphatic heterocycles. The number of nitriles is 1. The standard InChI is InChI=1S/C28H21N5O4/c1-17-9-22(37-21-4-2-3-18(11-21)13-29)6-8-26(17)33-28(30)23(14-31-33)27(35)25-12-20-10-19(15-36-16-34)5-7-24(20)32-25/h2-12,14,16,32H,15,30H2,1H3. The summed E-state index contributed by atoms with van der Waals surface area (Å²) >= 11 is 0. The number of aryl methyl sites for hydroxylation is 1. The summed E-state index contributed by atoms with van der Waals surface area (Å²) in [5.41, 5.74) is 10.6. The van der Waals surface area contributed by atoms with E-state index in [2.05, 4.69) is 16.2 Å². The molecule has 0 amide bonds. The van der Waals surface area contributed by atoms with Crippen molar-refractivity contribution >= 4 is 29.0 Å². The molecule has 0 spiro atoms. The molecule has 0 aliphatic carbocycles. The summed E-state index contributed by atoms with van der Waals surface area (Å²) in [5, 5.41) is 14.3. The molecule has 0 fully saturated rings. The Morgan fingerprint density at radius 1 is 1.14 bits per heavy atom. The van der Waals surface area contributed by atoms with E-state index in [1.54, 1.807) is 36.4 Å². The Labute approximate surface area is 211 Å². The molecule has 9 heteroatoms. The number of nitrogens with two attached hydrogens (primary N) is 1. The quantitative estimate of drug-likeness (QED) is 0.235. The van der Waals surface area contributed by atoms with E-state index in [9.17, 15) is 9.59 Å². The molecule has 5 aromatic rings. The first kappa shape index (κ1) is 23.4. The van der Waals surface area contributed by atoms with Gasteiger partial charge in [0.05, 0.1) is 34.8 Å². The van der Waals surface area contributed by atoms with Crippen LogP contribution in [-0.2, 0) is 16.1 Å². The number of nitrogens with zero attached hydrogens (tertiary/aromatic N) is 3. The van der Waals surface area contributed by atoms with Gasteiger partial charge in [-0.1, -0.05) is 12.1 Å². The van der Waals surface area contributed by atoms with Gasteiger partial charge in [0, 0.05) is 10.9 Å². The molecule has 182 valence electrons. The number of benzene rings is 3. The van der Waals surface area contributed by atoms with E-state index >= 15 is 0 Å². The highest BCUT2D eigenvalue weighted by Gasteiger charge is 2.20. The van der Waals surface area contributed by atoms with Crippen molar-refractivity contribution in [3.05, 3.63) is 101 Å². The zero-order valence-electron chi connectivity index (χ0n) is 19.8. The second-order valence-corrected chi connectivity index (χ2v) is 8.39. The number of nitrogen functional groups attached to an aromatic ring is 1. The van der Waals surface area contributed by atoms with E-state index in [1.807, 2.05) is 37.3 Å². The van der Waals surface area contributed by atoms with Crippen LogP contribution in [0.4, 0.5) is 5.82 Å². The van der Waals surface area contributed by atoms with Gasteiger partial charge in [0.25, 0.3) is 6.47 Å². The number of anilines is 1. The molecule has 0 atom stereocenters. The molecule has 2 heterocycles. The third-order valence-corrected chi connectivity index (χ3v) is 5.89. The fourth-order valence-electron chi connectivity index (χ4n) is 4.09. The first-order chi connectivity index (χ1) is 18.0. The Hall–Kier alpha value is -5.36. The van der Waals surface area contributed by atoms with Crippen molar-refractivity contribution in [2.45, 2.75) is 13.5 Å². The van der Waals surface area contributed by atoms with Crippen molar-refractivity contribution in [1.82, 2.24) is 14.8 Å². The first-order valence-corrected chi connectivity index (χ1v) is 11.3. The molecule has 5 rings (SSSR count). The van der Waals surface area contributed by atoms with Crippen LogP contribution >= 0.6 is 0 Å². The van der Waals surface area contributed by atoms with Gasteiger partial charge in [-0.15, -0.1) is 0 Å². The highest BCUT2D eigenvalue weighted by molar-refractivity contribution is 6.12. The zero-order valence-corrected chi connectivity index (χ0v) is 19.8. The van der Waals surface area contributed by atoms with Gasteiger partial charge in [-0.3, -0.25) is 9.59 Å². The maximum atomic E-state index is 13.3. The molecule has 0 unspecified atom stereocenters. The number of carbonyl (C=O) groups excluding carboxylic acids is 2. The van der Waals surface area contributed by atoms with Crippen molar-refractivity contribution < 1.29 is 19.1 Å². The summed E-state index contributed by atoms with van der Waals surface area (Å²) in [7, 11) is 0. The van der Waals surface area contributed by atoms with Crippen molar-refractivity contribution in [3.8, 4) is 23.3 Å². The number of rotatable bonds is 8. The van der Waals surface area contributed by atoms with E-state index in [1.165, 1.54) is 10.9 Å². The number of carbonyl (C=O) groups is 2. The number of H-pyrrole nitrogens is 1. The van der Waals surface area contributed by atoms with Crippen molar-refractivity contribution in [3.63, 3.8) is 0 Å². The van der Waals surface area contributed by atoms with Crippen LogP contribution in [0.3, 0.4) is 0 Å². The highest BCUT2D eigenvalue weighted by Crippen LogP contribution is 2.29. The van der Waals surface area contributed by atoms with Gasteiger partial charge in [0.15, 0.2) is 0 Å². The van der Waals surface area contributed by atoms with Crippen molar-refractivity contribution in [1.29, 1.82) is 5.26 Å². The Balaban J connectivity index is 1.39. The van der Waals surface area contributed by atoms with Crippen LogP contribution in [0.1, 0.15) is 32.7 Å². The predicted octanol–water partition coefficient (Wildman–Crippen LogP) is 4.81. The molecule has 3 N–H and O–H groups in total. The average Bonchev–Trinajstić information content (AvgIpc) is 3.50. The molecule has 0 radical (unpaired) electrons. The van der Waals surface area contributed by atoms with Gasteiger partial charge in [0.1, 0.15) is 23.9 Å². The Morgan fingerprint density at radius 3 is 2.76 bits per heavy atom. The summed E-state index contributed by atoms with van der Waals surface area (Å²) < 4.78 is 12.2. The highest BCUT2D eigenvalue weighted by atomic mass is 16.5. The van der Waals surface area contributed by atoms with Gasteiger partial charge in [0.2, 0.25) is 5.78 Å². The zero-order chi connectivity index (χ0) is 25.9. The minimum Gasteiger partial charge on any atom is -0.463 e. The summed E-state index contributed by atoms with van der Waals surface area (Å²) in [4.78, 5) is 26.8. The number of ether oxygens (including phenoxy) is 2. The molecule has 0 saturated carbocycles. The lowest BCUT2D eigenvalue weighted by molar-refractivity contribution is -0.129. The van der Waals surface area contributed by atoms with E-state index < -0.39 is 0 Å². The third-order valence-electron chi connectivity index (χ3n) is 5.89. The van der Waals surface area contributed by atoms with E-state index in [0.29, 0.717) is 34.9 Å². The Kier molecular flexibility index (Phi) is 6.14. The van der Waals surface area contributed by atoms with Crippen LogP contribution in [-0.4, -0.2) is 27.0 Å². The molecule has 3 aromatic carbocycles. The smallest absolute Gasteiger partial charge is 0.293 e. The Morgan fingerprint density at radius 2 is 1.97 bits per heavy atom. The van der Waals surface area contributed by atoms with Crippen molar-refractivity contribution in [2.75, 3.05) is 5.73 Å². The largest absolute Gasteiger partial charge is 0.463 e. The SMILES string of the molecule is Cc1cc(Oc2cccc(C#N)c2)ccc1-n1ncc(C(=O)c2cc3cc(COC=O)ccc3[nH]2)c1N. The maximum absolute atomic E-state index is 13.3. The second-order valence-electron chi connectivity index (χ2n) is 8.39. The lowest BCUT2D eigenvalue weighted by Crippen LogP contribution is -2.08. The third kappa shape index (κ3) is 4.63. The number of aromatic amines is 1. The summed E-state index contributed by atoms with van der Waals surface area (Å²) in [6, 6.07) is 21.6. The van der Waals surface area contributed by atoms with Gasteiger partial charge in [-0.05, 0) is 72.6 Å². The molecule has 37 heavy (non-hydrogen) atoms. The Bertz CT molecular complexity index is 1690. The van der Waals surface area contributed by atoms with Crippen LogP contribution < -0.4 is 10.5 Å². The lowest BCUT2D eigenvalue weighted by atomic mass is 10.1. The van der Waals surface area contributed by atoms with Gasteiger partial charge in [-0.25, -0.2) is 4.68 Å². The molecule has 0 aliphatic rings. The fourth-order valence-corrected chi connectivity index (χ4v) is 4.09. The van der Waals surface area contributed by atoms with E-state index in [0.717, 1.165) is 22.0 Å². The number of ketones is 1. The molecule has 0 bridgehead atoms. The minimum atomic E-state index is -0.291. The fraction of sp³-hybridized carbons (Fsp3) is 0.0714. The summed E-state index contributed by atoms with van der Waals surface area (Å²) in [6.07, 6.45) is 1.45. The number of hydrogen-bond acceptors (Lipinski definition) is 7. The first-order valence-electron chi connectivity index (χ1n) is 11.3. The number of fused-ring (bicyclic) bond motifs is 1. The number of aromatic nitrogens is 3. The van der Waals surface area contributed by atoms with Gasteiger partial charge < -0.3 is 20.2 Å².